The van der Waals surface area contributed by atoms with E-state index >= 15 is 0 Å². The molecule has 0 saturated carbocycles. The molecule has 0 spiro atoms. The zero-order chi connectivity index (χ0) is 14.9. The van der Waals surface area contributed by atoms with Crippen molar-refractivity contribution in [1.29, 1.82) is 0 Å². The molecule has 1 aromatic heterocycles. The first-order valence-corrected chi connectivity index (χ1v) is 7.89. The van der Waals surface area contributed by atoms with Gasteiger partial charge in [-0.15, -0.1) is 0 Å². The molecular weight excluding hydrogens is 280 g/mol. The monoisotopic (exact) mass is 298 g/mol. The maximum atomic E-state index is 12.1. The lowest BCUT2D eigenvalue weighted by Gasteiger charge is -2.08. The van der Waals surface area contributed by atoms with E-state index in [9.17, 15) is 13.2 Å². The summed E-state index contributed by atoms with van der Waals surface area (Å²) < 4.78 is 33.1. The Morgan fingerprint density at radius 1 is 1.35 bits per heavy atom. The summed E-state index contributed by atoms with van der Waals surface area (Å²) in [6, 6.07) is 4.40. The SMILES string of the molecule is CC(C)CCNS(=O)(=O)c1ccc2c(c1)oc(=O)n2C. The zero-order valence-corrected chi connectivity index (χ0v) is 12.5. The van der Waals surface area contributed by atoms with Crippen molar-refractivity contribution in [2.24, 2.45) is 13.0 Å². The number of benzene rings is 1. The Morgan fingerprint density at radius 3 is 2.70 bits per heavy atom. The molecule has 0 bridgehead atoms. The highest BCUT2D eigenvalue weighted by atomic mass is 32.2. The van der Waals surface area contributed by atoms with Crippen molar-refractivity contribution in [3.8, 4) is 0 Å². The third-order valence-electron chi connectivity index (χ3n) is 3.09. The number of oxazole rings is 1. The fourth-order valence-corrected chi connectivity index (χ4v) is 2.91. The minimum Gasteiger partial charge on any atom is -0.408 e. The number of hydrogen-bond donors (Lipinski definition) is 1. The van der Waals surface area contributed by atoms with Crippen LogP contribution in [0.25, 0.3) is 11.1 Å². The second kappa shape index (κ2) is 5.41. The Hall–Kier alpha value is -1.60. The van der Waals surface area contributed by atoms with Crippen LogP contribution in [-0.2, 0) is 17.1 Å². The zero-order valence-electron chi connectivity index (χ0n) is 11.7. The third-order valence-corrected chi connectivity index (χ3v) is 4.55. The molecule has 20 heavy (non-hydrogen) atoms. The highest BCUT2D eigenvalue weighted by molar-refractivity contribution is 7.89. The van der Waals surface area contributed by atoms with E-state index in [4.69, 9.17) is 4.42 Å². The molecule has 0 aliphatic rings. The predicted molar refractivity (Wildman–Crippen MR) is 76.1 cm³/mol. The van der Waals surface area contributed by atoms with E-state index in [0.717, 1.165) is 6.42 Å². The van der Waals surface area contributed by atoms with Gasteiger partial charge in [-0.25, -0.2) is 17.9 Å². The maximum Gasteiger partial charge on any atom is 0.419 e. The fraction of sp³-hybridized carbons (Fsp3) is 0.462. The summed E-state index contributed by atoms with van der Waals surface area (Å²) in [5, 5.41) is 0. The largest absolute Gasteiger partial charge is 0.419 e. The minimum atomic E-state index is -3.57. The van der Waals surface area contributed by atoms with Gasteiger partial charge in [0.15, 0.2) is 5.58 Å². The summed E-state index contributed by atoms with van der Waals surface area (Å²) in [7, 11) is -2.00. The number of aromatic nitrogens is 1. The van der Waals surface area contributed by atoms with E-state index in [1.165, 1.54) is 16.7 Å². The summed E-state index contributed by atoms with van der Waals surface area (Å²) in [5.41, 5.74) is 0.834. The quantitative estimate of drug-likeness (QED) is 0.906. The van der Waals surface area contributed by atoms with E-state index in [2.05, 4.69) is 4.72 Å². The van der Waals surface area contributed by atoms with E-state index in [1.54, 1.807) is 13.1 Å². The van der Waals surface area contributed by atoms with Crippen LogP contribution in [0.2, 0.25) is 0 Å². The molecule has 1 N–H and O–H groups in total. The van der Waals surface area contributed by atoms with Crippen LogP contribution in [0.3, 0.4) is 0 Å². The van der Waals surface area contributed by atoms with Crippen LogP contribution in [0.5, 0.6) is 0 Å². The molecule has 2 aromatic rings. The van der Waals surface area contributed by atoms with Crippen LogP contribution in [-0.4, -0.2) is 19.5 Å². The number of nitrogens with one attached hydrogen (secondary N) is 1. The topological polar surface area (TPSA) is 81.3 Å². The molecule has 6 nitrogen and oxygen atoms in total. The van der Waals surface area contributed by atoms with Crippen molar-refractivity contribution < 1.29 is 12.8 Å². The highest BCUT2D eigenvalue weighted by Gasteiger charge is 2.16. The third kappa shape index (κ3) is 2.94. The second-order valence-corrected chi connectivity index (χ2v) is 6.90. The van der Waals surface area contributed by atoms with Gasteiger partial charge >= 0.3 is 5.76 Å². The van der Waals surface area contributed by atoms with Crippen LogP contribution >= 0.6 is 0 Å². The van der Waals surface area contributed by atoms with Crippen LogP contribution in [0.15, 0.2) is 32.3 Å². The molecule has 0 fully saturated rings. The standard InChI is InChI=1S/C13H18N2O4S/c1-9(2)6-7-14-20(17,18)10-4-5-11-12(8-10)19-13(16)15(11)3/h4-5,8-9,14H,6-7H2,1-3H3. The van der Waals surface area contributed by atoms with E-state index in [-0.39, 0.29) is 10.5 Å². The molecule has 0 aliphatic heterocycles. The van der Waals surface area contributed by atoms with Gasteiger partial charge in [0.05, 0.1) is 10.4 Å². The van der Waals surface area contributed by atoms with Crippen LogP contribution in [0.4, 0.5) is 0 Å². The molecule has 0 unspecified atom stereocenters. The predicted octanol–water partition coefficient (Wildman–Crippen LogP) is 1.46. The van der Waals surface area contributed by atoms with Gasteiger partial charge in [-0.2, -0.15) is 0 Å². The van der Waals surface area contributed by atoms with Crippen LogP contribution in [0, 0.1) is 5.92 Å². The van der Waals surface area contributed by atoms with Crippen molar-refractivity contribution >= 4 is 21.1 Å². The number of nitrogens with zero attached hydrogens (tertiary/aromatic N) is 1. The summed E-state index contributed by atoms with van der Waals surface area (Å²) in [6.07, 6.45) is 0.766. The second-order valence-electron chi connectivity index (χ2n) is 5.14. The Kier molecular flexibility index (Phi) is 4.01. The number of sulfonamides is 1. The molecule has 0 radical (unpaired) electrons. The summed E-state index contributed by atoms with van der Waals surface area (Å²) >= 11 is 0. The Balaban J connectivity index is 2.30. The fourth-order valence-electron chi connectivity index (χ4n) is 1.85. The summed E-state index contributed by atoms with van der Waals surface area (Å²) in [5.74, 6) is -0.0883. The molecule has 0 atom stereocenters. The lowest BCUT2D eigenvalue weighted by atomic mass is 10.1. The maximum absolute atomic E-state index is 12.1. The van der Waals surface area contributed by atoms with Crippen LogP contribution < -0.4 is 10.5 Å². The van der Waals surface area contributed by atoms with Gasteiger partial charge in [-0.3, -0.25) is 4.57 Å². The van der Waals surface area contributed by atoms with Crippen molar-refractivity contribution in [2.45, 2.75) is 25.2 Å². The van der Waals surface area contributed by atoms with E-state index in [0.29, 0.717) is 18.0 Å². The first-order chi connectivity index (χ1) is 9.31. The molecule has 7 heteroatoms. The molecule has 0 amide bonds. The van der Waals surface area contributed by atoms with E-state index in [1.807, 2.05) is 13.8 Å². The van der Waals surface area contributed by atoms with Gasteiger partial charge < -0.3 is 4.42 Å². The molecular formula is C13H18N2O4S. The van der Waals surface area contributed by atoms with Crippen LogP contribution in [0.1, 0.15) is 20.3 Å². The van der Waals surface area contributed by atoms with Crippen molar-refractivity contribution in [3.05, 3.63) is 28.7 Å². The number of rotatable bonds is 5. The molecule has 2 rings (SSSR count). The van der Waals surface area contributed by atoms with Gasteiger partial charge in [-0.1, -0.05) is 13.8 Å². The highest BCUT2D eigenvalue weighted by Crippen LogP contribution is 2.17. The smallest absolute Gasteiger partial charge is 0.408 e. The average Bonchev–Trinajstić information content (AvgIpc) is 2.64. The Morgan fingerprint density at radius 2 is 2.05 bits per heavy atom. The molecule has 1 heterocycles. The molecule has 0 aliphatic carbocycles. The van der Waals surface area contributed by atoms with Crippen molar-refractivity contribution in [1.82, 2.24) is 9.29 Å². The number of fused-ring (bicyclic) bond motifs is 1. The molecule has 110 valence electrons. The molecule has 0 saturated heterocycles. The molecule has 1 aromatic carbocycles. The van der Waals surface area contributed by atoms with Gasteiger partial charge in [0.2, 0.25) is 10.0 Å². The van der Waals surface area contributed by atoms with Gasteiger partial charge in [0.25, 0.3) is 0 Å². The lowest BCUT2D eigenvalue weighted by molar-refractivity contribution is 0.527. The van der Waals surface area contributed by atoms with Gasteiger partial charge in [0, 0.05) is 19.7 Å². The van der Waals surface area contributed by atoms with E-state index < -0.39 is 15.8 Å². The first kappa shape index (κ1) is 14.8. The Bertz CT molecular complexity index is 771. The average molecular weight is 298 g/mol. The number of hydrogen-bond acceptors (Lipinski definition) is 4. The normalized spacial score (nSPS) is 12.4. The first-order valence-electron chi connectivity index (χ1n) is 6.40. The van der Waals surface area contributed by atoms with Crippen molar-refractivity contribution in [2.75, 3.05) is 6.54 Å². The van der Waals surface area contributed by atoms with Crippen molar-refractivity contribution in [3.63, 3.8) is 0 Å². The Labute approximate surface area is 117 Å². The lowest BCUT2D eigenvalue weighted by Crippen LogP contribution is -2.25. The summed E-state index contributed by atoms with van der Waals surface area (Å²) in [6.45, 7) is 4.44. The van der Waals surface area contributed by atoms with Gasteiger partial charge in [0.1, 0.15) is 0 Å². The number of aryl methyl sites for hydroxylation is 1. The minimum absolute atomic E-state index is 0.100. The van der Waals surface area contributed by atoms with Gasteiger partial charge in [-0.05, 0) is 24.5 Å². The summed E-state index contributed by atoms with van der Waals surface area (Å²) in [4.78, 5) is 11.5.